The Balaban J connectivity index is 1.69. The van der Waals surface area contributed by atoms with Gasteiger partial charge in [0.15, 0.2) is 5.65 Å². The van der Waals surface area contributed by atoms with Crippen LogP contribution in [0.15, 0.2) is 41.4 Å². The minimum absolute atomic E-state index is 0.193. The van der Waals surface area contributed by atoms with Gasteiger partial charge in [0.1, 0.15) is 0 Å². The number of nitrogens with zero attached hydrogens (tertiary/aromatic N) is 5. The third-order valence-electron chi connectivity index (χ3n) is 4.36. The van der Waals surface area contributed by atoms with Crippen LogP contribution in [-0.4, -0.2) is 33.9 Å². The molecule has 25 heavy (non-hydrogen) atoms. The molecule has 1 aliphatic heterocycles. The highest BCUT2D eigenvalue weighted by Gasteiger charge is 2.29. The van der Waals surface area contributed by atoms with E-state index in [1.54, 1.807) is 10.7 Å². The summed E-state index contributed by atoms with van der Waals surface area (Å²) in [5, 5.41) is 13.3. The van der Waals surface area contributed by atoms with Crippen LogP contribution in [0.3, 0.4) is 0 Å². The van der Waals surface area contributed by atoms with E-state index in [4.69, 9.17) is 5.26 Å². The molecular formula is C17H15N5O2S. The lowest BCUT2D eigenvalue weighted by Gasteiger charge is -2.28. The van der Waals surface area contributed by atoms with E-state index in [9.17, 15) is 8.42 Å². The molecule has 0 atom stereocenters. The van der Waals surface area contributed by atoms with Crippen molar-refractivity contribution < 1.29 is 8.42 Å². The molecule has 2 aromatic heterocycles. The number of sulfonamides is 1. The summed E-state index contributed by atoms with van der Waals surface area (Å²) in [4.78, 5) is 4.56. The van der Waals surface area contributed by atoms with Crippen molar-refractivity contribution in [3.8, 4) is 6.07 Å². The number of benzene rings is 1. The Kier molecular flexibility index (Phi) is 3.56. The Morgan fingerprint density at radius 1 is 1.24 bits per heavy atom. The van der Waals surface area contributed by atoms with E-state index in [-0.39, 0.29) is 11.4 Å². The summed E-state index contributed by atoms with van der Waals surface area (Å²) in [6.07, 6.45) is 2.30. The minimum atomic E-state index is -3.61. The van der Waals surface area contributed by atoms with E-state index < -0.39 is 10.0 Å². The molecule has 126 valence electrons. The van der Waals surface area contributed by atoms with Gasteiger partial charge in [-0.3, -0.25) is 0 Å². The lowest BCUT2D eigenvalue weighted by molar-refractivity contribution is 0.384. The SMILES string of the molecule is Cc1cc2ncc3c(n2n1)CCN(S(=O)(=O)c1ccc(C#N)cc1)C3. The van der Waals surface area contributed by atoms with Crippen LogP contribution in [0, 0.1) is 18.3 Å². The molecule has 0 spiro atoms. The number of hydrogen-bond acceptors (Lipinski definition) is 5. The summed E-state index contributed by atoms with van der Waals surface area (Å²) in [7, 11) is -3.61. The van der Waals surface area contributed by atoms with E-state index in [0.29, 0.717) is 18.5 Å². The van der Waals surface area contributed by atoms with E-state index in [1.807, 2.05) is 19.1 Å². The van der Waals surface area contributed by atoms with Crippen molar-refractivity contribution in [2.45, 2.75) is 24.8 Å². The van der Waals surface area contributed by atoms with E-state index >= 15 is 0 Å². The second-order valence-electron chi connectivity index (χ2n) is 6.01. The van der Waals surface area contributed by atoms with Gasteiger partial charge in [-0.1, -0.05) is 0 Å². The first-order valence-corrected chi connectivity index (χ1v) is 9.26. The van der Waals surface area contributed by atoms with Crippen molar-refractivity contribution >= 4 is 15.7 Å². The van der Waals surface area contributed by atoms with Gasteiger partial charge in [0.25, 0.3) is 0 Å². The van der Waals surface area contributed by atoms with Crippen LogP contribution in [-0.2, 0) is 23.0 Å². The molecule has 7 nitrogen and oxygen atoms in total. The highest BCUT2D eigenvalue weighted by Crippen LogP contribution is 2.25. The molecule has 0 unspecified atom stereocenters. The zero-order chi connectivity index (χ0) is 17.6. The Bertz CT molecular complexity index is 1110. The second kappa shape index (κ2) is 5.65. The van der Waals surface area contributed by atoms with Crippen LogP contribution >= 0.6 is 0 Å². The standard InChI is InChI=1S/C17H15N5O2S/c1-12-8-17-19-10-14-11-21(7-6-16(14)22(17)20-12)25(23,24)15-4-2-13(9-18)3-5-15/h2-5,8,10H,6-7,11H2,1H3. The second-order valence-corrected chi connectivity index (χ2v) is 7.95. The van der Waals surface area contributed by atoms with Crippen LogP contribution in [0.1, 0.15) is 22.5 Å². The van der Waals surface area contributed by atoms with E-state index in [2.05, 4.69) is 10.1 Å². The predicted octanol–water partition coefficient (Wildman–Crippen LogP) is 1.66. The maximum atomic E-state index is 12.9. The highest BCUT2D eigenvalue weighted by molar-refractivity contribution is 7.89. The smallest absolute Gasteiger partial charge is 0.237 e. The molecule has 4 rings (SSSR count). The summed E-state index contributed by atoms with van der Waals surface area (Å²) in [6, 6.07) is 9.87. The third-order valence-corrected chi connectivity index (χ3v) is 6.22. The molecule has 3 heterocycles. The van der Waals surface area contributed by atoms with Gasteiger partial charge in [-0.2, -0.15) is 14.7 Å². The fraction of sp³-hybridized carbons (Fsp3) is 0.235. The van der Waals surface area contributed by atoms with Gasteiger partial charge in [-0.25, -0.2) is 17.9 Å². The lowest BCUT2D eigenvalue weighted by Crippen LogP contribution is -2.37. The van der Waals surface area contributed by atoms with Crippen LogP contribution in [0.25, 0.3) is 5.65 Å². The van der Waals surface area contributed by atoms with Crippen LogP contribution < -0.4 is 0 Å². The number of nitriles is 1. The number of rotatable bonds is 2. The minimum Gasteiger partial charge on any atom is -0.237 e. The van der Waals surface area contributed by atoms with Crippen molar-refractivity contribution in [3.05, 3.63) is 59.0 Å². The molecule has 0 bridgehead atoms. The Morgan fingerprint density at radius 3 is 2.72 bits per heavy atom. The molecule has 0 saturated carbocycles. The molecule has 0 aliphatic carbocycles. The first-order valence-electron chi connectivity index (χ1n) is 7.82. The number of fused-ring (bicyclic) bond motifs is 3. The maximum absolute atomic E-state index is 12.9. The zero-order valence-corrected chi connectivity index (χ0v) is 14.4. The van der Waals surface area contributed by atoms with E-state index in [1.165, 1.54) is 28.6 Å². The topological polar surface area (TPSA) is 91.4 Å². The fourth-order valence-corrected chi connectivity index (χ4v) is 4.50. The molecule has 0 fully saturated rings. The van der Waals surface area contributed by atoms with Gasteiger partial charge in [-0.15, -0.1) is 0 Å². The van der Waals surface area contributed by atoms with Gasteiger partial charge < -0.3 is 0 Å². The van der Waals surface area contributed by atoms with Crippen LogP contribution in [0.5, 0.6) is 0 Å². The molecule has 0 radical (unpaired) electrons. The molecule has 3 aromatic rings. The van der Waals surface area contributed by atoms with Crippen LogP contribution in [0.2, 0.25) is 0 Å². The normalized spacial score (nSPS) is 15.0. The van der Waals surface area contributed by atoms with Crippen molar-refractivity contribution in [2.75, 3.05) is 6.54 Å². The molecule has 1 aliphatic rings. The van der Waals surface area contributed by atoms with Gasteiger partial charge in [0, 0.05) is 37.3 Å². The summed E-state index contributed by atoms with van der Waals surface area (Å²) >= 11 is 0. The molecule has 8 heteroatoms. The molecule has 0 N–H and O–H groups in total. The van der Waals surface area contributed by atoms with Crippen molar-refractivity contribution in [3.63, 3.8) is 0 Å². The van der Waals surface area contributed by atoms with Gasteiger partial charge >= 0.3 is 0 Å². The average Bonchev–Trinajstić information content (AvgIpc) is 3.02. The monoisotopic (exact) mass is 353 g/mol. The van der Waals surface area contributed by atoms with E-state index in [0.717, 1.165) is 22.6 Å². The lowest BCUT2D eigenvalue weighted by atomic mass is 10.1. The Labute approximate surface area is 145 Å². The Morgan fingerprint density at radius 2 is 2.00 bits per heavy atom. The molecule has 0 amide bonds. The number of aromatic nitrogens is 3. The largest absolute Gasteiger partial charge is 0.243 e. The van der Waals surface area contributed by atoms with Crippen molar-refractivity contribution in [1.29, 1.82) is 5.26 Å². The molecular weight excluding hydrogens is 338 g/mol. The summed E-state index contributed by atoms with van der Waals surface area (Å²) in [5.74, 6) is 0. The van der Waals surface area contributed by atoms with Crippen molar-refractivity contribution in [2.24, 2.45) is 0 Å². The van der Waals surface area contributed by atoms with Crippen molar-refractivity contribution in [1.82, 2.24) is 18.9 Å². The van der Waals surface area contributed by atoms with Crippen LogP contribution in [0.4, 0.5) is 0 Å². The van der Waals surface area contributed by atoms with Gasteiger partial charge in [-0.05, 0) is 31.2 Å². The number of hydrogen-bond donors (Lipinski definition) is 0. The molecule has 1 aromatic carbocycles. The van der Waals surface area contributed by atoms with Gasteiger partial charge in [0.05, 0.1) is 27.9 Å². The van der Waals surface area contributed by atoms with Gasteiger partial charge in [0.2, 0.25) is 10.0 Å². The third kappa shape index (κ3) is 2.58. The summed E-state index contributed by atoms with van der Waals surface area (Å²) in [6.45, 7) is 2.55. The molecule has 0 saturated heterocycles. The first-order chi connectivity index (χ1) is 12.0. The summed E-state index contributed by atoms with van der Waals surface area (Å²) in [5.41, 5.74) is 3.96. The summed E-state index contributed by atoms with van der Waals surface area (Å²) < 4.78 is 29.0. The Hall–Kier alpha value is -2.76. The zero-order valence-electron chi connectivity index (χ0n) is 13.5. The number of aryl methyl sites for hydroxylation is 1. The predicted molar refractivity (Wildman–Crippen MR) is 90.2 cm³/mol. The first kappa shape index (κ1) is 15.7. The maximum Gasteiger partial charge on any atom is 0.243 e. The fourth-order valence-electron chi connectivity index (χ4n) is 3.08. The quantitative estimate of drug-likeness (QED) is 0.699. The average molecular weight is 353 g/mol. The highest BCUT2D eigenvalue weighted by atomic mass is 32.2.